The number of aliphatic hydroxyl groups excluding tert-OH is 1. The molecule has 0 aromatic heterocycles. The van der Waals surface area contributed by atoms with Crippen molar-refractivity contribution in [2.75, 3.05) is 27.9 Å². The standard InChI is InChI=1S/C22H21NO7/c1-28-15-10-9-14(11-16(15)29-2)19-18(20(25)13-7-5-4-6-8-13)21(26)22(27)23(19)12-17(24)30-3/h4-11,19,25H,12H2,1-3H3/b20-18+. The fourth-order valence-corrected chi connectivity index (χ4v) is 3.37. The van der Waals surface area contributed by atoms with Crippen LogP contribution in [0.15, 0.2) is 54.1 Å². The topological polar surface area (TPSA) is 102 Å². The first-order chi connectivity index (χ1) is 14.4. The van der Waals surface area contributed by atoms with Crippen LogP contribution in [-0.2, 0) is 19.1 Å². The molecule has 1 fully saturated rings. The van der Waals surface area contributed by atoms with E-state index in [2.05, 4.69) is 4.74 Å². The summed E-state index contributed by atoms with van der Waals surface area (Å²) < 4.78 is 15.2. The fraction of sp³-hybridized carbons (Fsp3) is 0.227. The summed E-state index contributed by atoms with van der Waals surface area (Å²) in [6.07, 6.45) is 0. The molecule has 0 spiro atoms. The Bertz CT molecular complexity index is 1010. The number of Topliss-reactive ketones (excluding diaryl/α,β-unsaturated/α-hetero) is 1. The third-order valence-electron chi connectivity index (χ3n) is 4.84. The first-order valence-corrected chi connectivity index (χ1v) is 9.05. The van der Waals surface area contributed by atoms with Crippen molar-refractivity contribution in [2.24, 2.45) is 0 Å². The second-order valence-electron chi connectivity index (χ2n) is 6.48. The first-order valence-electron chi connectivity index (χ1n) is 9.05. The number of aliphatic hydroxyl groups is 1. The van der Waals surface area contributed by atoms with Gasteiger partial charge in [-0.25, -0.2) is 0 Å². The Morgan fingerprint density at radius 2 is 1.67 bits per heavy atom. The van der Waals surface area contributed by atoms with Crippen LogP contribution >= 0.6 is 0 Å². The van der Waals surface area contributed by atoms with Gasteiger partial charge in [-0.3, -0.25) is 14.4 Å². The lowest BCUT2D eigenvalue weighted by molar-refractivity contribution is -0.148. The number of ketones is 1. The minimum Gasteiger partial charge on any atom is -0.507 e. The van der Waals surface area contributed by atoms with Gasteiger partial charge in [0.05, 0.1) is 32.9 Å². The lowest BCUT2D eigenvalue weighted by Crippen LogP contribution is -2.35. The summed E-state index contributed by atoms with van der Waals surface area (Å²) in [4.78, 5) is 38.6. The Morgan fingerprint density at radius 1 is 1.00 bits per heavy atom. The number of hydrogen-bond donors (Lipinski definition) is 1. The number of hydrogen-bond acceptors (Lipinski definition) is 7. The van der Waals surface area contributed by atoms with E-state index in [1.807, 2.05) is 0 Å². The molecule has 156 valence electrons. The molecule has 0 bridgehead atoms. The van der Waals surface area contributed by atoms with Crippen LogP contribution in [0.4, 0.5) is 0 Å². The van der Waals surface area contributed by atoms with Gasteiger partial charge in [-0.05, 0) is 17.7 Å². The summed E-state index contributed by atoms with van der Waals surface area (Å²) in [6.45, 7) is -0.453. The Kier molecular flexibility index (Phi) is 6.06. The van der Waals surface area contributed by atoms with Crippen LogP contribution in [0.2, 0.25) is 0 Å². The molecule has 1 unspecified atom stereocenters. The molecule has 0 radical (unpaired) electrons. The van der Waals surface area contributed by atoms with E-state index in [9.17, 15) is 19.5 Å². The summed E-state index contributed by atoms with van der Waals surface area (Å²) in [5, 5.41) is 10.9. The number of carbonyl (C=O) groups excluding carboxylic acids is 3. The van der Waals surface area contributed by atoms with Crippen LogP contribution < -0.4 is 9.47 Å². The molecule has 1 heterocycles. The summed E-state index contributed by atoms with van der Waals surface area (Å²) >= 11 is 0. The van der Waals surface area contributed by atoms with E-state index >= 15 is 0 Å². The second-order valence-corrected chi connectivity index (χ2v) is 6.48. The van der Waals surface area contributed by atoms with Crippen LogP contribution in [0.5, 0.6) is 11.5 Å². The maximum atomic E-state index is 12.8. The summed E-state index contributed by atoms with van der Waals surface area (Å²) in [5.41, 5.74) is 0.717. The maximum Gasteiger partial charge on any atom is 0.325 e. The average molecular weight is 411 g/mol. The summed E-state index contributed by atoms with van der Waals surface area (Å²) in [6, 6.07) is 12.2. The van der Waals surface area contributed by atoms with E-state index < -0.39 is 30.2 Å². The van der Waals surface area contributed by atoms with Gasteiger partial charge in [-0.2, -0.15) is 0 Å². The molecule has 0 saturated carbocycles. The van der Waals surface area contributed by atoms with E-state index in [-0.39, 0.29) is 11.3 Å². The Balaban J connectivity index is 2.21. The molecule has 0 aliphatic carbocycles. The van der Waals surface area contributed by atoms with Crippen molar-refractivity contribution in [3.8, 4) is 11.5 Å². The monoisotopic (exact) mass is 411 g/mol. The number of esters is 1. The second kappa shape index (κ2) is 8.69. The van der Waals surface area contributed by atoms with E-state index in [1.165, 1.54) is 21.3 Å². The quantitative estimate of drug-likeness (QED) is 0.337. The molecule has 1 amide bonds. The lowest BCUT2D eigenvalue weighted by Gasteiger charge is -2.25. The van der Waals surface area contributed by atoms with Crippen LogP contribution in [0.1, 0.15) is 17.2 Å². The zero-order valence-electron chi connectivity index (χ0n) is 16.7. The van der Waals surface area contributed by atoms with Crippen LogP contribution in [0.3, 0.4) is 0 Å². The molecule has 8 heteroatoms. The predicted octanol–water partition coefficient (Wildman–Crippen LogP) is 2.30. The minimum absolute atomic E-state index is 0.123. The van der Waals surface area contributed by atoms with Gasteiger partial charge >= 0.3 is 5.97 Å². The highest BCUT2D eigenvalue weighted by Crippen LogP contribution is 2.41. The zero-order chi connectivity index (χ0) is 21.8. The normalized spacial score (nSPS) is 17.7. The van der Waals surface area contributed by atoms with Gasteiger partial charge in [0.25, 0.3) is 11.7 Å². The van der Waals surface area contributed by atoms with E-state index in [1.54, 1.807) is 48.5 Å². The van der Waals surface area contributed by atoms with Gasteiger partial charge in [0.15, 0.2) is 11.5 Å². The highest BCUT2D eigenvalue weighted by molar-refractivity contribution is 6.46. The molecule has 1 aliphatic rings. The van der Waals surface area contributed by atoms with Crippen molar-refractivity contribution < 1.29 is 33.7 Å². The van der Waals surface area contributed by atoms with Crippen LogP contribution in [0, 0.1) is 0 Å². The number of likely N-dealkylation sites (tertiary alicyclic amines) is 1. The number of ether oxygens (including phenoxy) is 3. The van der Waals surface area contributed by atoms with Crippen molar-refractivity contribution >= 4 is 23.4 Å². The van der Waals surface area contributed by atoms with Gasteiger partial charge in [0.1, 0.15) is 12.3 Å². The molecule has 8 nitrogen and oxygen atoms in total. The van der Waals surface area contributed by atoms with Crippen molar-refractivity contribution in [3.63, 3.8) is 0 Å². The fourth-order valence-electron chi connectivity index (χ4n) is 3.37. The average Bonchev–Trinajstić information content (AvgIpc) is 3.03. The molecule has 3 rings (SSSR count). The molecule has 30 heavy (non-hydrogen) atoms. The predicted molar refractivity (Wildman–Crippen MR) is 107 cm³/mol. The highest BCUT2D eigenvalue weighted by atomic mass is 16.5. The van der Waals surface area contributed by atoms with E-state index in [0.717, 1.165) is 4.90 Å². The lowest BCUT2D eigenvalue weighted by atomic mass is 9.95. The molecule has 1 atom stereocenters. The zero-order valence-corrected chi connectivity index (χ0v) is 16.7. The molecule has 1 N–H and O–H groups in total. The number of methoxy groups -OCH3 is 3. The smallest absolute Gasteiger partial charge is 0.325 e. The van der Waals surface area contributed by atoms with Gasteiger partial charge in [0.2, 0.25) is 0 Å². The molecule has 1 saturated heterocycles. The molecular formula is C22H21NO7. The first kappa shape index (κ1) is 20.9. The number of benzene rings is 2. The number of rotatable bonds is 6. The Morgan fingerprint density at radius 3 is 2.27 bits per heavy atom. The molecule has 2 aromatic carbocycles. The van der Waals surface area contributed by atoms with Gasteiger partial charge in [-0.1, -0.05) is 36.4 Å². The molecule has 1 aliphatic heterocycles. The van der Waals surface area contributed by atoms with Crippen LogP contribution in [-0.4, -0.2) is 55.5 Å². The van der Waals surface area contributed by atoms with E-state index in [4.69, 9.17) is 9.47 Å². The van der Waals surface area contributed by atoms with E-state index in [0.29, 0.717) is 22.6 Å². The summed E-state index contributed by atoms with van der Waals surface area (Å²) in [5.74, 6) is -1.99. The van der Waals surface area contributed by atoms with Gasteiger partial charge in [0, 0.05) is 5.56 Å². The van der Waals surface area contributed by atoms with Crippen molar-refractivity contribution in [3.05, 3.63) is 65.2 Å². The van der Waals surface area contributed by atoms with Crippen molar-refractivity contribution in [1.82, 2.24) is 4.90 Å². The minimum atomic E-state index is -1.01. The van der Waals surface area contributed by atoms with Crippen molar-refractivity contribution in [2.45, 2.75) is 6.04 Å². The number of carbonyl (C=O) groups is 3. The van der Waals surface area contributed by atoms with Crippen LogP contribution in [0.25, 0.3) is 5.76 Å². The highest BCUT2D eigenvalue weighted by Gasteiger charge is 2.47. The van der Waals surface area contributed by atoms with Crippen molar-refractivity contribution in [1.29, 1.82) is 0 Å². The maximum absolute atomic E-state index is 12.8. The third kappa shape index (κ3) is 3.71. The largest absolute Gasteiger partial charge is 0.507 e. The third-order valence-corrected chi connectivity index (χ3v) is 4.84. The molecular weight excluding hydrogens is 390 g/mol. The molecule has 2 aromatic rings. The Labute approximate surface area is 173 Å². The summed E-state index contributed by atoms with van der Waals surface area (Å²) in [7, 11) is 4.13. The van der Waals surface area contributed by atoms with Gasteiger partial charge in [-0.15, -0.1) is 0 Å². The van der Waals surface area contributed by atoms with Gasteiger partial charge < -0.3 is 24.2 Å². The SMILES string of the molecule is COC(=O)CN1C(=O)C(=O)/C(=C(/O)c2ccccc2)C1c1ccc(OC)c(OC)c1. The number of amides is 1. The Hall–Kier alpha value is -3.81. The number of nitrogens with zero attached hydrogens (tertiary/aromatic N) is 1.